The van der Waals surface area contributed by atoms with Gasteiger partial charge in [-0.15, -0.1) is 0 Å². The number of aliphatic imine (C=N–C) groups is 2. The van der Waals surface area contributed by atoms with E-state index < -0.39 is 5.92 Å². The lowest BCUT2D eigenvalue weighted by molar-refractivity contribution is -0.118. The minimum Gasteiger partial charge on any atom is -0.293 e. The molecule has 4 rings (SSSR count). The van der Waals surface area contributed by atoms with Gasteiger partial charge < -0.3 is 0 Å². The Morgan fingerprint density at radius 3 is 2.46 bits per heavy atom. The molecule has 5 nitrogen and oxygen atoms in total. The van der Waals surface area contributed by atoms with Crippen LogP contribution < -0.4 is 10.4 Å². The molecule has 2 aromatic rings. The van der Waals surface area contributed by atoms with E-state index in [9.17, 15) is 4.79 Å². The number of carbonyl (C=O) groups excluding carboxylic acids is 1. The van der Waals surface area contributed by atoms with E-state index in [4.69, 9.17) is 9.98 Å². The number of nitrogens with zero attached hydrogens (tertiary/aromatic N) is 3. The first-order valence-corrected chi connectivity index (χ1v) is 9.15. The number of hydrogen-bond donors (Lipinski definition) is 1. The topological polar surface area (TPSA) is 57.1 Å². The lowest BCUT2D eigenvalue weighted by Crippen LogP contribution is -2.35. The Labute approximate surface area is 153 Å². The summed E-state index contributed by atoms with van der Waals surface area (Å²) in [5.41, 5.74) is 5.82. The average Bonchev–Trinajstić information content (AvgIpc) is 2.86. The number of anilines is 1. The maximum Gasteiger partial charge on any atom is 0.262 e. The van der Waals surface area contributed by atoms with Gasteiger partial charge in [-0.3, -0.25) is 15.2 Å². The first-order valence-electron chi connectivity index (χ1n) is 9.15. The maximum absolute atomic E-state index is 13.2. The Morgan fingerprint density at radius 1 is 0.962 bits per heavy atom. The largest absolute Gasteiger partial charge is 0.293 e. The van der Waals surface area contributed by atoms with Crippen molar-refractivity contribution in [1.82, 2.24) is 5.43 Å². The van der Waals surface area contributed by atoms with Crippen LogP contribution in [0.25, 0.3) is 0 Å². The number of nitrogens with one attached hydrogen (secondary N) is 1. The van der Waals surface area contributed by atoms with Gasteiger partial charge in [0.15, 0.2) is 0 Å². The molecule has 0 aliphatic carbocycles. The van der Waals surface area contributed by atoms with Crippen LogP contribution >= 0.6 is 0 Å². The zero-order chi connectivity index (χ0) is 17.8. The highest BCUT2D eigenvalue weighted by molar-refractivity contribution is 6.29. The summed E-state index contributed by atoms with van der Waals surface area (Å²) in [7, 11) is 0. The van der Waals surface area contributed by atoms with Gasteiger partial charge in [0.2, 0.25) is 0 Å². The molecule has 0 bridgehead atoms. The van der Waals surface area contributed by atoms with Crippen molar-refractivity contribution in [2.45, 2.75) is 25.7 Å². The smallest absolute Gasteiger partial charge is 0.262 e. The number of amides is 1. The van der Waals surface area contributed by atoms with Crippen LogP contribution in [0.3, 0.4) is 0 Å². The fourth-order valence-electron chi connectivity index (χ4n) is 3.41. The molecule has 1 amide bonds. The monoisotopic (exact) mass is 346 g/mol. The van der Waals surface area contributed by atoms with Crippen LogP contribution in [0.1, 0.15) is 25.7 Å². The Bertz CT molecular complexity index is 830. The number of carbonyl (C=O) groups is 1. The zero-order valence-electron chi connectivity index (χ0n) is 14.6. The van der Waals surface area contributed by atoms with Crippen molar-refractivity contribution < 1.29 is 4.79 Å². The SMILES string of the molecule is O=C1[C@H](C2=NCCCCC2)C(=Nc2ccccc2)NN1c1ccccc1. The summed E-state index contributed by atoms with van der Waals surface area (Å²) in [6.45, 7) is 0.795. The fourth-order valence-corrected chi connectivity index (χ4v) is 3.41. The van der Waals surface area contributed by atoms with Gasteiger partial charge in [-0.1, -0.05) is 42.8 Å². The highest BCUT2D eigenvalue weighted by Gasteiger charge is 2.41. The molecule has 132 valence electrons. The standard InChI is InChI=1S/C21H22N4O/c26-21-19(18-14-8-3-9-15-22-18)20(23-16-10-4-1-5-11-16)24-25(21)17-12-6-2-7-13-17/h1-2,4-7,10-13,19H,3,8-9,14-15H2,(H,23,24)/t19-/m1/s1. The van der Waals surface area contributed by atoms with Crippen LogP contribution in [0.4, 0.5) is 11.4 Å². The van der Waals surface area contributed by atoms with Gasteiger partial charge in [-0.05, 0) is 43.5 Å². The van der Waals surface area contributed by atoms with Crippen molar-refractivity contribution in [2.24, 2.45) is 15.9 Å². The lowest BCUT2D eigenvalue weighted by atomic mass is 9.97. The minimum atomic E-state index is -0.423. The maximum atomic E-state index is 13.2. The summed E-state index contributed by atoms with van der Waals surface area (Å²) in [6.07, 6.45) is 4.18. The number of benzene rings is 2. The predicted octanol–water partition coefficient (Wildman–Crippen LogP) is 3.90. The summed E-state index contributed by atoms with van der Waals surface area (Å²) in [6, 6.07) is 19.4. The van der Waals surface area contributed by atoms with Crippen LogP contribution in [0.5, 0.6) is 0 Å². The van der Waals surface area contributed by atoms with E-state index in [2.05, 4.69) is 5.43 Å². The van der Waals surface area contributed by atoms with Gasteiger partial charge in [-0.25, -0.2) is 10.0 Å². The molecule has 0 radical (unpaired) electrons. The van der Waals surface area contributed by atoms with Crippen molar-refractivity contribution in [1.29, 1.82) is 0 Å². The van der Waals surface area contributed by atoms with Gasteiger partial charge in [0, 0.05) is 12.3 Å². The summed E-state index contributed by atoms with van der Waals surface area (Å²) in [5.74, 6) is 0.228. The normalized spacial score (nSPS) is 22.1. The van der Waals surface area contributed by atoms with E-state index in [-0.39, 0.29) is 5.91 Å². The Balaban J connectivity index is 1.72. The number of rotatable bonds is 3. The second-order valence-electron chi connectivity index (χ2n) is 6.57. The van der Waals surface area contributed by atoms with Gasteiger partial charge in [0.1, 0.15) is 11.8 Å². The zero-order valence-corrected chi connectivity index (χ0v) is 14.6. The Morgan fingerprint density at radius 2 is 1.69 bits per heavy atom. The fraction of sp³-hybridized carbons (Fsp3) is 0.286. The van der Waals surface area contributed by atoms with Crippen molar-refractivity contribution in [2.75, 3.05) is 11.6 Å². The van der Waals surface area contributed by atoms with Crippen molar-refractivity contribution in [3.8, 4) is 0 Å². The molecule has 0 unspecified atom stereocenters. The van der Waals surface area contributed by atoms with Crippen LogP contribution in [0.15, 0.2) is 70.6 Å². The average molecular weight is 346 g/mol. The molecule has 0 saturated carbocycles. The number of hydrogen-bond acceptors (Lipinski definition) is 3. The van der Waals surface area contributed by atoms with E-state index in [1.807, 2.05) is 60.7 Å². The van der Waals surface area contributed by atoms with E-state index in [0.717, 1.165) is 49.3 Å². The van der Waals surface area contributed by atoms with Gasteiger partial charge in [0.05, 0.1) is 11.4 Å². The summed E-state index contributed by atoms with van der Waals surface area (Å²) in [4.78, 5) is 22.7. The second kappa shape index (κ2) is 7.52. The molecule has 2 aliphatic heterocycles. The van der Waals surface area contributed by atoms with Gasteiger partial charge in [0.25, 0.3) is 5.91 Å². The number of amidine groups is 1. The third-order valence-corrected chi connectivity index (χ3v) is 4.73. The van der Waals surface area contributed by atoms with Crippen LogP contribution in [-0.4, -0.2) is 24.0 Å². The van der Waals surface area contributed by atoms with E-state index >= 15 is 0 Å². The molecule has 1 saturated heterocycles. The molecule has 26 heavy (non-hydrogen) atoms. The molecular weight excluding hydrogens is 324 g/mol. The molecule has 1 N–H and O–H groups in total. The van der Waals surface area contributed by atoms with Gasteiger partial charge in [-0.2, -0.15) is 0 Å². The van der Waals surface area contributed by atoms with Crippen LogP contribution in [-0.2, 0) is 4.79 Å². The Hall–Kier alpha value is -2.95. The highest BCUT2D eigenvalue weighted by atomic mass is 16.2. The van der Waals surface area contributed by atoms with Crippen LogP contribution in [0, 0.1) is 5.92 Å². The molecule has 1 fully saturated rings. The summed E-state index contributed by atoms with van der Waals surface area (Å²) in [5, 5.41) is 1.60. The summed E-state index contributed by atoms with van der Waals surface area (Å²) >= 11 is 0. The first-order chi connectivity index (χ1) is 12.8. The number of para-hydroxylation sites is 2. The van der Waals surface area contributed by atoms with Crippen molar-refractivity contribution in [3.05, 3.63) is 60.7 Å². The third-order valence-electron chi connectivity index (χ3n) is 4.73. The molecular formula is C21H22N4O. The molecule has 2 heterocycles. The second-order valence-corrected chi connectivity index (χ2v) is 6.57. The third kappa shape index (κ3) is 3.38. The van der Waals surface area contributed by atoms with E-state index in [0.29, 0.717) is 5.84 Å². The first kappa shape index (κ1) is 16.5. The molecule has 0 spiro atoms. The van der Waals surface area contributed by atoms with Crippen molar-refractivity contribution >= 4 is 28.8 Å². The highest BCUT2D eigenvalue weighted by Crippen LogP contribution is 2.26. The quantitative estimate of drug-likeness (QED) is 0.916. The Kier molecular flexibility index (Phi) is 4.78. The van der Waals surface area contributed by atoms with E-state index in [1.54, 1.807) is 5.01 Å². The molecule has 1 atom stereocenters. The molecule has 2 aliphatic rings. The number of hydrazine groups is 1. The molecule has 2 aromatic carbocycles. The lowest BCUT2D eigenvalue weighted by Gasteiger charge is -2.15. The minimum absolute atomic E-state index is 0.00784. The van der Waals surface area contributed by atoms with Crippen LogP contribution in [0.2, 0.25) is 0 Å². The summed E-state index contributed by atoms with van der Waals surface area (Å²) < 4.78 is 0. The molecule has 0 aromatic heterocycles. The van der Waals surface area contributed by atoms with E-state index in [1.165, 1.54) is 0 Å². The molecule has 5 heteroatoms. The van der Waals surface area contributed by atoms with Gasteiger partial charge >= 0.3 is 0 Å². The van der Waals surface area contributed by atoms with Crippen molar-refractivity contribution in [3.63, 3.8) is 0 Å². The predicted molar refractivity (Wildman–Crippen MR) is 105 cm³/mol.